The van der Waals surface area contributed by atoms with Crippen LogP contribution in [-0.2, 0) is 14.3 Å². The van der Waals surface area contributed by atoms with Crippen LogP contribution in [0.5, 0.6) is 0 Å². The molecule has 0 heterocycles. The van der Waals surface area contributed by atoms with Crippen LogP contribution in [0, 0.1) is 0 Å². The first-order chi connectivity index (χ1) is 12.4. The minimum Gasteiger partial charge on any atom is -0.458 e. The third-order valence-corrected chi connectivity index (χ3v) is 3.65. The van der Waals surface area contributed by atoms with Gasteiger partial charge in [0.1, 0.15) is 5.60 Å². The Morgan fingerprint density at radius 1 is 0.962 bits per heavy atom. The summed E-state index contributed by atoms with van der Waals surface area (Å²) in [7, 11) is 1.62. The second kappa shape index (κ2) is 9.30. The highest BCUT2D eigenvalue weighted by Gasteiger charge is 2.25. The van der Waals surface area contributed by atoms with E-state index >= 15 is 0 Å². The molecule has 4 nitrogen and oxygen atoms in total. The van der Waals surface area contributed by atoms with Crippen molar-refractivity contribution in [2.45, 2.75) is 38.8 Å². The molecule has 0 bridgehead atoms. The third-order valence-electron chi connectivity index (χ3n) is 3.65. The molecule has 0 saturated carbocycles. The molecule has 2 rings (SSSR count). The molecular weight excluding hydrogens is 326 g/mol. The summed E-state index contributed by atoms with van der Waals surface area (Å²) in [5, 5.41) is 0. The van der Waals surface area contributed by atoms with E-state index in [1.54, 1.807) is 7.11 Å². The normalized spacial score (nSPS) is 12.3. The number of hydrogen-bond donors (Lipinski definition) is 0. The molecule has 0 unspecified atom stereocenters. The van der Waals surface area contributed by atoms with Crippen LogP contribution in [0.4, 0.5) is 0 Å². The van der Waals surface area contributed by atoms with Crippen LogP contribution >= 0.6 is 0 Å². The predicted octanol–water partition coefficient (Wildman–Crippen LogP) is 4.27. The molecular formula is C22H27NO3. The first-order valence-electron chi connectivity index (χ1n) is 8.81. The fraction of sp³-hybridized carbons (Fsp3) is 0.364. The zero-order chi connectivity index (χ0) is 19.0. The van der Waals surface area contributed by atoms with E-state index in [0.717, 1.165) is 16.8 Å². The first kappa shape index (κ1) is 19.9. The van der Waals surface area contributed by atoms with Gasteiger partial charge in [0.25, 0.3) is 0 Å². The number of aliphatic imine (C=N–C) groups is 1. The van der Waals surface area contributed by atoms with Crippen LogP contribution in [0.3, 0.4) is 0 Å². The molecule has 26 heavy (non-hydrogen) atoms. The van der Waals surface area contributed by atoms with Crippen molar-refractivity contribution in [1.29, 1.82) is 0 Å². The van der Waals surface area contributed by atoms with Crippen LogP contribution in [0.2, 0.25) is 0 Å². The zero-order valence-electron chi connectivity index (χ0n) is 15.9. The summed E-state index contributed by atoms with van der Waals surface area (Å²) in [6, 6.07) is 19.1. The van der Waals surface area contributed by atoms with Crippen molar-refractivity contribution < 1.29 is 14.3 Å². The largest absolute Gasteiger partial charge is 0.458 e. The van der Waals surface area contributed by atoms with Gasteiger partial charge in [-0.15, -0.1) is 0 Å². The summed E-state index contributed by atoms with van der Waals surface area (Å²) < 4.78 is 10.7. The van der Waals surface area contributed by atoms with Gasteiger partial charge in [0.15, 0.2) is 6.04 Å². The summed E-state index contributed by atoms with van der Waals surface area (Å²) in [6.45, 7) is 6.01. The molecule has 0 aromatic heterocycles. The molecule has 138 valence electrons. The lowest BCUT2D eigenvalue weighted by Gasteiger charge is -2.23. The number of hydrogen-bond acceptors (Lipinski definition) is 4. The minimum absolute atomic E-state index is 0.334. The minimum atomic E-state index is -0.621. The smallest absolute Gasteiger partial charge is 0.331 e. The monoisotopic (exact) mass is 353 g/mol. The Labute approximate surface area is 155 Å². The number of esters is 1. The number of carbonyl (C=O) groups excluding carboxylic acids is 1. The highest BCUT2D eigenvalue weighted by atomic mass is 16.6. The average molecular weight is 353 g/mol. The van der Waals surface area contributed by atoms with Gasteiger partial charge in [-0.05, 0) is 20.8 Å². The van der Waals surface area contributed by atoms with E-state index in [9.17, 15) is 4.79 Å². The lowest BCUT2D eigenvalue weighted by Crippen LogP contribution is -2.32. The van der Waals surface area contributed by atoms with E-state index < -0.39 is 11.6 Å². The molecule has 0 spiro atoms. The van der Waals surface area contributed by atoms with Crippen molar-refractivity contribution >= 4 is 11.7 Å². The van der Waals surface area contributed by atoms with E-state index in [1.807, 2.05) is 81.4 Å². The average Bonchev–Trinajstić information content (AvgIpc) is 2.62. The topological polar surface area (TPSA) is 47.9 Å². The van der Waals surface area contributed by atoms with Crippen molar-refractivity contribution in [1.82, 2.24) is 0 Å². The lowest BCUT2D eigenvalue weighted by atomic mass is 10.0. The molecule has 0 aliphatic heterocycles. The number of methoxy groups -OCH3 is 1. The van der Waals surface area contributed by atoms with Crippen molar-refractivity contribution in [3.8, 4) is 0 Å². The summed E-state index contributed by atoms with van der Waals surface area (Å²) in [6.07, 6.45) is 0.467. The van der Waals surface area contributed by atoms with Gasteiger partial charge in [-0.3, -0.25) is 4.99 Å². The van der Waals surface area contributed by atoms with E-state index in [2.05, 4.69) is 0 Å². The van der Waals surface area contributed by atoms with Crippen LogP contribution in [-0.4, -0.2) is 37.0 Å². The van der Waals surface area contributed by atoms with Crippen LogP contribution in [0.25, 0.3) is 0 Å². The fourth-order valence-electron chi connectivity index (χ4n) is 2.50. The Hall–Kier alpha value is -2.46. The Kier molecular flexibility index (Phi) is 7.10. The fourth-order valence-corrected chi connectivity index (χ4v) is 2.50. The second-order valence-corrected chi connectivity index (χ2v) is 7.04. The number of carbonyl (C=O) groups is 1. The van der Waals surface area contributed by atoms with Gasteiger partial charge < -0.3 is 9.47 Å². The van der Waals surface area contributed by atoms with Gasteiger partial charge in [-0.1, -0.05) is 60.7 Å². The molecule has 0 fully saturated rings. The molecule has 0 radical (unpaired) electrons. The number of rotatable bonds is 7. The SMILES string of the molecule is COCC[C@H](N=C(c1ccccc1)c1ccccc1)C(=O)OC(C)(C)C. The second-order valence-electron chi connectivity index (χ2n) is 7.04. The van der Waals surface area contributed by atoms with Gasteiger partial charge in [0, 0.05) is 31.3 Å². The molecule has 0 N–H and O–H groups in total. The van der Waals surface area contributed by atoms with E-state index in [1.165, 1.54) is 0 Å². The third kappa shape index (κ3) is 6.12. The van der Waals surface area contributed by atoms with Crippen LogP contribution in [0.15, 0.2) is 65.7 Å². The van der Waals surface area contributed by atoms with Crippen LogP contribution in [0.1, 0.15) is 38.3 Å². The van der Waals surface area contributed by atoms with Gasteiger partial charge >= 0.3 is 5.97 Å². The number of benzene rings is 2. The lowest BCUT2D eigenvalue weighted by molar-refractivity contribution is -0.156. The predicted molar refractivity (Wildman–Crippen MR) is 105 cm³/mol. The molecule has 2 aromatic carbocycles. The van der Waals surface area contributed by atoms with Crippen molar-refractivity contribution in [3.63, 3.8) is 0 Å². The summed E-state index contributed by atoms with van der Waals surface area (Å²) in [5.74, 6) is -0.334. The summed E-state index contributed by atoms with van der Waals surface area (Å²) in [4.78, 5) is 17.5. The molecule has 0 amide bonds. The maximum atomic E-state index is 12.7. The van der Waals surface area contributed by atoms with E-state index in [0.29, 0.717) is 13.0 Å². The highest BCUT2D eigenvalue weighted by molar-refractivity contribution is 6.13. The Morgan fingerprint density at radius 3 is 1.88 bits per heavy atom. The maximum Gasteiger partial charge on any atom is 0.331 e. The molecule has 2 aromatic rings. The zero-order valence-corrected chi connectivity index (χ0v) is 15.9. The van der Waals surface area contributed by atoms with E-state index in [4.69, 9.17) is 14.5 Å². The van der Waals surface area contributed by atoms with Gasteiger partial charge in [0.2, 0.25) is 0 Å². The Bertz CT molecular complexity index is 677. The highest BCUT2D eigenvalue weighted by Crippen LogP contribution is 2.16. The molecule has 4 heteroatoms. The van der Waals surface area contributed by atoms with Crippen molar-refractivity contribution in [3.05, 3.63) is 71.8 Å². The van der Waals surface area contributed by atoms with E-state index in [-0.39, 0.29) is 5.97 Å². The van der Waals surface area contributed by atoms with Gasteiger partial charge in [-0.25, -0.2) is 4.79 Å². The Balaban J connectivity index is 2.44. The summed E-state index contributed by atoms with van der Waals surface area (Å²) in [5.41, 5.74) is 2.14. The first-order valence-corrected chi connectivity index (χ1v) is 8.81. The number of ether oxygens (including phenoxy) is 2. The molecule has 0 aliphatic carbocycles. The molecule has 1 atom stereocenters. The number of nitrogens with zero attached hydrogens (tertiary/aromatic N) is 1. The van der Waals surface area contributed by atoms with Gasteiger partial charge in [0.05, 0.1) is 5.71 Å². The molecule has 0 saturated heterocycles. The maximum absolute atomic E-state index is 12.7. The Morgan fingerprint density at radius 2 is 1.46 bits per heavy atom. The van der Waals surface area contributed by atoms with Gasteiger partial charge in [-0.2, -0.15) is 0 Å². The van der Waals surface area contributed by atoms with Crippen molar-refractivity contribution in [2.75, 3.05) is 13.7 Å². The standard InChI is InChI=1S/C22H27NO3/c1-22(2,3)26-21(24)19(15-16-25-4)23-20(17-11-7-5-8-12-17)18-13-9-6-10-14-18/h5-14,19H,15-16H2,1-4H3/t19-/m0/s1. The van der Waals surface area contributed by atoms with Crippen LogP contribution < -0.4 is 0 Å². The quantitative estimate of drug-likeness (QED) is 0.552. The molecule has 0 aliphatic rings. The van der Waals surface area contributed by atoms with Crippen molar-refractivity contribution in [2.24, 2.45) is 4.99 Å². The summed E-state index contributed by atoms with van der Waals surface area (Å²) >= 11 is 0.